The van der Waals surface area contributed by atoms with E-state index < -0.39 is 0 Å². The molecule has 0 spiro atoms. The highest BCUT2D eigenvalue weighted by Crippen LogP contribution is 2.31. The number of benzene rings is 1. The molecule has 2 rings (SSSR count). The van der Waals surface area contributed by atoms with Gasteiger partial charge in [0.25, 0.3) is 0 Å². The predicted molar refractivity (Wildman–Crippen MR) is 87.3 cm³/mol. The van der Waals surface area contributed by atoms with Gasteiger partial charge in [0.1, 0.15) is 6.07 Å². The molecule has 1 N–H and O–H groups in total. The molecule has 1 aromatic carbocycles. The van der Waals surface area contributed by atoms with Gasteiger partial charge in [-0.2, -0.15) is 17.0 Å². The molecule has 1 heterocycles. The van der Waals surface area contributed by atoms with E-state index in [1.54, 1.807) is 0 Å². The normalized spacial score (nSPS) is 22.6. The predicted octanol–water partition coefficient (Wildman–Crippen LogP) is 3.00. The zero-order chi connectivity index (χ0) is 14.5. The smallest absolute Gasteiger partial charge is 0.101 e. The van der Waals surface area contributed by atoms with Crippen LogP contribution in [0.1, 0.15) is 31.9 Å². The van der Waals surface area contributed by atoms with E-state index in [0.717, 1.165) is 36.6 Å². The molecule has 1 saturated heterocycles. The molecular formula is C16H23N3S. The molecule has 0 saturated carbocycles. The van der Waals surface area contributed by atoms with E-state index in [1.165, 1.54) is 5.56 Å². The fraction of sp³-hybridized carbons (Fsp3) is 0.562. The summed E-state index contributed by atoms with van der Waals surface area (Å²) in [6, 6.07) is 9.12. The van der Waals surface area contributed by atoms with Crippen LogP contribution in [0.4, 0.5) is 5.69 Å². The van der Waals surface area contributed by atoms with E-state index in [0.29, 0.717) is 11.3 Å². The molecule has 0 radical (unpaired) electrons. The number of nitrogens with zero attached hydrogens (tertiary/aromatic N) is 2. The zero-order valence-corrected chi connectivity index (χ0v) is 13.3. The summed E-state index contributed by atoms with van der Waals surface area (Å²) < 4.78 is 0. The second-order valence-corrected chi connectivity index (χ2v) is 6.74. The standard InChI is InChI=1S/C16H23N3S/c1-4-18-11-14-5-6-16(15(9-14)10-17)19-7-8-20-13(3)12(19)2/h5-6,9,12-13,18H,4,7-8,11H2,1-3H3. The van der Waals surface area contributed by atoms with Crippen molar-refractivity contribution in [2.75, 3.05) is 23.7 Å². The van der Waals surface area contributed by atoms with Gasteiger partial charge < -0.3 is 10.2 Å². The topological polar surface area (TPSA) is 39.1 Å². The van der Waals surface area contributed by atoms with Crippen LogP contribution in [0.3, 0.4) is 0 Å². The van der Waals surface area contributed by atoms with Crippen molar-refractivity contribution in [2.45, 2.75) is 38.6 Å². The lowest BCUT2D eigenvalue weighted by atomic mass is 10.1. The van der Waals surface area contributed by atoms with Crippen LogP contribution in [0.5, 0.6) is 0 Å². The lowest BCUT2D eigenvalue weighted by Gasteiger charge is -2.39. The number of hydrogen-bond donors (Lipinski definition) is 1. The summed E-state index contributed by atoms with van der Waals surface area (Å²) in [6.07, 6.45) is 0. The maximum absolute atomic E-state index is 9.45. The summed E-state index contributed by atoms with van der Waals surface area (Å²) >= 11 is 2.02. The van der Waals surface area contributed by atoms with Gasteiger partial charge in [-0.15, -0.1) is 0 Å². The molecule has 1 aliphatic rings. The maximum atomic E-state index is 9.45. The fourth-order valence-corrected chi connectivity index (χ4v) is 3.67. The van der Waals surface area contributed by atoms with Crippen LogP contribution in [-0.2, 0) is 6.54 Å². The third kappa shape index (κ3) is 3.28. The van der Waals surface area contributed by atoms with Gasteiger partial charge in [0.2, 0.25) is 0 Å². The van der Waals surface area contributed by atoms with Crippen molar-refractivity contribution in [3.63, 3.8) is 0 Å². The van der Waals surface area contributed by atoms with Crippen LogP contribution >= 0.6 is 11.8 Å². The Kier molecular flexibility index (Phi) is 5.33. The lowest BCUT2D eigenvalue weighted by molar-refractivity contribution is 0.626. The highest BCUT2D eigenvalue weighted by atomic mass is 32.2. The first-order valence-corrected chi connectivity index (χ1v) is 8.34. The number of anilines is 1. The first kappa shape index (κ1) is 15.2. The summed E-state index contributed by atoms with van der Waals surface area (Å²) in [5.41, 5.74) is 3.07. The van der Waals surface area contributed by atoms with E-state index in [9.17, 15) is 5.26 Å². The Bertz CT molecular complexity index is 495. The van der Waals surface area contributed by atoms with E-state index in [4.69, 9.17) is 0 Å². The Morgan fingerprint density at radius 1 is 1.45 bits per heavy atom. The Balaban J connectivity index is 2.25. The first-order valence-electron chi connectivity index (χ1n) is 7.29. The Morgan fingerprint density at radius 2 is 2.25 bits per heavy atom. The van der Waals surface area contributed by atoms with Gasteiger partial charge in [0.05, 0.1) is 11.3 Å². The van der Waals surface area contributed by atoms with E-state index in [1.807, 2.05) is 17.8 Å². The van der Waals surface area contributed by atoms with Crippen LogP contribution in [0, 0.1) is 11.3 Å². The summed E-state index contributed by atoms with van der Waals surface area (Å²) in [4.78, 5) is 2.39. The van der Waals surface area contributed by atoms with E-state index in [-0.39, 0.29) is 0 Å². The Labute approximate surface area is 126 Å². The van der Waals surface area contributed by atoms with Crippen LogP contribution in [0.2, 0.25) is 0 Å². The van der Waals surface area contributed by atoms with Crippen molar-refractivity contribution < 1.29 is 0 Å². The van der Waals surface area contributed by atoms with Crippen molar-refractivity contribution in [1.29, 1.82) is 5.26 Å². The van der Waals surface area contributed by atoms with Gasteiger partial charge in [-0.1, -0.05) is 19.9 Å². The average molecular weight is 289 g/mol. The van der Waals surface area contributed by atoms with Crippen molar-refractivity contribution in [3.8, 4) is 6.07 Å². The highest BCUT2D eigenvalue weighted by Gasteiger charge is 2.26. The molecule has 20 heavy (non-hydrogen) atoms. The zero-order valence-electron chi connectivity index (χ0n) is 12.5. The molecule has 4 heteroatoms. The molecule has 1 fully saturated rings. The number of thioether (sulfide) groups is 1. The second-order valence-electron chi connectivity index (χ2n) is 5.25. The number of nitriles is 1. The maximum Gasteiger partial charge on any atom is 0.101 e. The van der Waals surface area contributed by atoms with Crippen LogP contribution in [-0.4, -0.2) is 30.1 Å². The first-order chi connectivity index (χ1) is 9.67. The Morgan fingerprint density at radius 3 is 2.95 bits per heavy atom. The lowest BCUT2D eigenvalue weighted by Crippen LogP contribution is -2.45. The quantitative estimate of drug-likeness (QED) is 0.925. The molecule has 3 nitrogen and oxygen atoms in total. The Hall–Kier alpha value is -1.18. The number of hydrogen-bond acceptors (Lipinski definition) is 4. The summed E-state index contributed by atoms with van der Waals surface area (Å²) in [5.74, 6) is 1.13. The van der Waals surface area contributed by atoms with Gasteiger partial charge >= 0.3 is 0 Å². The van der Waals surface area contributed by atoms with Crippen LogP contribution < -0.4 is 10.2 Å². The van der Waals surface area contributed by atoms with Crippen LogP contribution in [0.15, 0.2) is 18.2 Å². The third-order valence-corrected chi connectivity index (χ3v) is 5.29. The third-order valence-electron chi connectivity index (χ3n) is 3.95. The van der Waals surface area contributed by atoms with E-state index >= 15 is 0 Å². The molecule has 1 aliphatic heterocycles. The van der Waals surface area contributed by atoms with Gasteiger partial charge in [0, 0.05) is 30.1 Å². The van der Waals surface area contributed by atoms with Gasteiger partial charge in [0.15, 0.2) is 0 Å². The SMILES string of the molecule is CCNCc1ccc(N2CCSC(C)C2C)c(C#N)c1. The number of nitrogens with one attached hydrogen (secondary N) is 1. The average Bonchev–Trinajstić information content (AvgIpc) is 2.48. The molecule has 2 unspecified atom stereocenters. The highest BCUT2D eigenvalue weighted by molar-refractivity contribution is 8.00. The summed E-state index contributed by atoms with van der Waals surface area (Å²) in [7, 11) is 0. The van der Waals surface area contributed by atoms with Crippen LogP contribution in [0.25, 0.3) is 0 Å². The molecule has 0 aromatic heterocycles. The number of rotatable bonds is 4. The molecule has 0 bridgehead atoms. The molecule has 2 atom stereocenters. The summed E-state index contributed by atoms with van der Waals surface area (Å²) in [5, 5.41) is 13.4. The van der Waals surface area contributed by atoms with Gasteiger partial charge in [-0.25, -0.2) is 0 Å². The van der Waals surface area contributed by atoms with E-state index in [2.05, 4.69) is 49.2 Å². The van der Waals surface area contributed by atoms with Crippen molar-refractivity contribution in [3.05, 3.63) is 29.3 Å². The largest absolute Gasteiger partial charge is 0.366 e. The van der Waals surface area contributed by atoms with Crippen molar-refractivity contribution >= 4 is 17.4 Å². The molecule has 0 amide bonds. The minimum Gasteiger partial charge on any atom is -0.366 e. The monoisotopic (exact) mass is 289 g/mol. The minimum atomic E-state index is 0.473. The molecule has 108 valence electrons. The molecule has 0 aliphatic carbocycles. The van der Waals surface area contributed by atoms with Crippen molar-refractivity contribution in [2.24, 2.45) is 0 Å². The molecule has 1 aromatic rings. The van der Waals surface area contributed by atoms with Gasteiger partial charge in [-0.05, 0) is 31.2 Å². The summed E-state index contributed by atoms with van der Waals surface area (Å²) in [6.45, 7) is 9.41. The minimum absolute atomic E-state index is 0.473. The fourth-order valence-electron chi connectivity index (χ4n) is 2.58. The second kappa shape index (κ2) is 7.01. The van der Waals surface area contributed by atoms with Gasteiger partial charge in [-0.3, -0.25) is 0 Å². The molecular weight excluding hydrogens is 266 g/mol. The van der Waals surface area contributed by atoms with Crippen molar-refractivity contribution in [1.82, 2.24) is 5.32 Å².